The molecule has 0 aliphatic heterocycles. The Morgan fingerprint density at radius 2 is 1.65 bits per heavy atom. The molecule has 0 spiro atoms. The van der Waals surface area contributed by atoms with Crippen LogP contribution in [0, 0.1) is 56.7 Å². The van der Waals surface area contributed by atoms with E-state index in [-0.39, 0.29) is 45.6 Å². The van der Waals surface area contributed by atoms with Crippen LogP contribution in [0.1, 0.15) is 126 Å². The number of hydrogen-bond donors (Lipinski definition) is 2. The maximum atomic E-state index is 12.7. The van der Waals surface area contributed by atoms with Crippen molar-refractivity contribution in [2.75, 3.05) is 13.2 Å². The zero-order valence-electron chi connectivity index (χ0n) is 30.6. The minimum Gasteiger partial charge on any atom is -0.462 e. The van der Waals surface area contributed by atoms with Crippen molar-refractivity contribution >= 4 is 11.8 Å². The Kier molecular flexibility index (Phi) is 10.0. The highest BCUT2D eigenvalue weighted by Gasteiger charge is 2.71. The number of Topliss-reactive ketones (excluding diaryl/α,β-unsaturated/α-hetero) is 1. The van der Waals surface area contributed by atoms with Gasteiger partial charge < -0.3 is 15.2 Å². The Hall–Kier alpha value is -1.72. The number of carbonyl (C=O) groups is 2. The van der Waals surface area contributed by atoms with Crippen LogP contribution in [0.2, 0.25) is 0 Å². The fourth-order valence-electron chi connectivity index (χ4n) is 12.4. The third-order valence-electron chi connectivity index (χ3n) is 15.5. The summed E-state index contributed by atoms with van der Waals surface area (Å²) in [5, 5.41) is 13.1. The summed E-state index contributed by atoms with van der Waals surface area (Å²) >= 11 is 0. The standard InChI is InChI=1S/C41H65NO4/c1-27-16-20-39(7)34(38(27,5)6)18-22-40(8)35(39)25-33(46-28(2)44)36-30(17-21-41(36,40)9)37(3,4)19-13-23-42-31(32(45)26-43)24-29-14-11-10-12-15-29/h10-12,14-15,27,30-31,33-36,42-43H,13,16-26H2,1-9H3/t27-,30?,31-,33?,34?,35?,36-,39-,40+,41+/m0/s1. The minimum atomic E-state index is -0.439. The molecule has 0 amide bonds. The second-order valence-electron chi connectivity index (χ2n) is 18.2. The lowest BCUT2D eigenvalue weighted by molar-refractivity contribution is -0.242. The first-order valence-corrected chi connectivity index (χ1v) is 18.6. The smallest absolute Gasteiger partial charge is 0.302 e. The van der Waals surface area contributed by atoms with E-state index < -0.39 is 6.61 Å². The number of ketones is 1. The van der Waals surface area contributed by atoms with Crippen LogP contribution in [-0.2, 0) is 20.7 Å². The van der Waals surface area contributed by atoms with E-state index >= 15 is 0 Å². The highest BCUT2D eigenvalue weighted by molar-refractivity contribution is 5.85. The highest BCUT2D eigenvalue weighted by Crippen LogP contribution is 2.76. The van der Waals surface area contributed by atoms with Crippen LogP contribution in [0.15, 0.2) is 30.3 Å². The predicted molar refractivity (Wildman–Crippen MR) is 186 cm³/mol. The minimum absolute atomic E-state index is 0.0269. The third-order valence-corrected chi connectivity index (χ3v) is 15.5. The van der Waals surface area contributed by atoms with E-state index in [9.17, 15) is 14.7 Å². The number of nitrogens with one attached hydrogen (secondary N) is 1. The van der Waals surface area contributed by atoms with Crippen LogP contribution in [0.4, 0.5) is 0 Å². The highest BCUT2D eigenvalue weighted by atomic mass is 16.5. The largest absolute Gasteiger partial charge is 0.462 e. The lowest BCUT2D eigenvalue weighted by Gasteiger charge is -2.71. The van der Waals surface area contributed by atoms with Gasteiger partial charge in [-0.2, -0.15) is 0 Å². The molecule has 5 nitrogen and oxygen atoms in total. The van der Waals surface area contributed by atoms with Gasteiger partial charge in [-0.25, -0.2) is 0 Å². The molecule has 4 saturated carbocycles. The van der Waals surface area contributed by atoms with Crippen LogP contribution >= 0.6 is 0 Å². The summed E-state index contributed by atoms with van der Waals surface area (Å²) in [6, 6.07) is 9.67. The summed E-state index contributed by atoms with van der Waals surface area (Å²) in [5.74, 6) is 2.58. The number of benzene rings is 1. The normalized spacial score (nSPS) is 39.1. The SMILES string of the molecule is CC(=O)OC1CC2[C@@]3(C)CC[C@H](C)C(C)(C)C3CC[C@@]2(C)[C@]2(C)CCC(C(C)(C)CCCN[C@@H](Cc3ccccc3)C(=O)CO)[C@@H]12. The molecule has 0 radical (unpaired) electrons. The summed E-state index contributed by atoms with van der Waals surface area (Å²) in [6.45, 7) is 22.2. The van der Waals surface area contributed by atoms with E-state index in [0.717, 1.165) is 37.3 Å². The Bertz CT molecular complexity index is 1240. The van der Waals surface area contributed by atoms with Gasteiger partial charge in [0.05, 0.1) is 6.04 Å². The average Bonchev–Trinajstić information content (AvgIpc) is 3.38. The van der Waals surface area contributed by atoms with Crippen LogP contribution in [0.5, 0.6) is 0 Å². The van der Waals surface area contributed by atoms with Gasteiger partial charge in [0, 0.05) is 12.8 Å². The van der Waals surface area contributed by atoms with Crippen LogP contribution in [0.25, 0.3) is 0 Å². The van der Waals surface area contributed by atoms with Crippen LogP contribution in [0.3, 0.4) is 0 Å². The quantitative estimate of drug-likeness (QED) is 0.189. The molecule has 0 heterocycles. The maximum absolute atomic E-state index is 12.7. The fraction of sp³-hybridized carbons (Fsp3) is 0.805. The van der Waals surface area contributed by atoms with Crippen molar-refractivity contribution in [1.29, 1.82) is 0 Å². The van der Waals surface area contributed by atoms with E-state index in [2.05, 4.69) is 60.7 Å². The number of ether oxygens (including phenoxy) is 1. The molecule has 1 aromatic carbocycles. The first-order chi connectivity index (χ1) is 21.5. The molecule has 4 aliphatic rings. The molecule has 0 aromatic heterocycles. The van der Waals surface area contributed by atoms with Crippen molar-refractivity contribution in [3.05, 3.63) is 35.9 Å². The van der Waals surface area contributed by atoms with E-state index in [0.29, 0.717) is 35.5 Å². The predicted octanol–water partition coefficient (Wildman–Crippen LogP) is 8.42. The molecule has 4 unspecified atom stereocenters. The second kappa shape index (κ2) is 13.0. The van der Waals surface area contributed by atoms with Crippen molar-refractivity contribution in [2.45, 2.75) is 139 Å². The molecule has 0 bridgehead atoms. The van der Waals surface area contributed by atoms with E-state index in [1.165, 1.54) is 38.5 Å². The average molecular weight is 636 g/mol. The van der Waals surface area contributed by atoms with Gasteiger partial charge in [-0.15, -0.1) is 0 Å². The van der Waals surface area contributed by atoms with Gasteiger partial charge in [0.15, 0.2) is 5.78 Å². The van der Waals surface area contributed by atoms with Crippen molar-refractivity contribution in [3.8, 4) is 0 Å². The molecule has 4 fully saturated rings. The molecular formula is C41H65NO4. The van der Waals surface area contributed by atoms with Crippen molar-refractivity contribution in [2.24, 2.45) is 56.7 Å². The number of hydrogen-bond acceptors (Lipinski definition) is 5. The molecule has 5 heteroatoms. The zero-order valence-corrected chi connectivity index (χ0v) is 30.6. The fourth-order valence-corrected chi connectivity index (χ4v) is 12.4. The van der Waals surface area contributed by atoms with Gasteiger partial charge in [-0.05, 0) is 127 Å². The molecule has 258 valence electrons. The lowest BCUT2D eigenvalue weighted by atomic mass is 9.34. The van der Waals surface area contributed by atoms with Gasteiger partial charge >= 0.3 is 5.97 Å². The summed E-state index contributed by atoms with van der Waals surface area (Å²) in [6.07, 6.45) is 11.2. The monoisotopic (exact) mass is 635 g/mol. The van der Waals surface area contributed by atoms with Crippen molar-refractivity contribution < 1.29 is 19.4 Å². The number of aliphatic hydroxyl groups is 1. The molecule has 10 atom stereocenters. The Labute approximate surface area is 280 Å². The zero-order chi connectivity index (χ0) is 33.7. The molecule has 46 heavy (non-hydrogen) atoms. The molecule has 0 saturated heterocycles. The Morgan fingerprint density at radius 3 is 2.30 bits per heavy atom. The van der Waals surface area contributed by atoms with Crippen LogP contribution in [-0.4, -0.2) is 42.2 Å². The summed E-state index contributed by atoms with van der Waals surface area (Å²) in [4.78, 5) is 25.3. The Morgan fingerprint density at radius 1 is 0.978 bits per heavy atom. The van der Waals surface area contributed by atoms with E-state index in [1.54, 1.807) is 6.92 Å². The van der Waals surface area contributed by atoms with Crippen molar-refractivity contribution in [3.63, 3.8) is 0 Å². The maximum Gasteiger partial charge on any atom is 0.302 e. The molecular weight excluding hydrogens is 570 g/mol. The van der Waals surface area contributed by atoms with Gasteiger partial charge in [-0.3, -0.25) is 9.59 Å². The van der Waals surface area contributed by atoms with Gasteiger partial charge in [-0.1, -0.05) is 85.7 Å². The van der Waals surface area contributed by atoms with Gasteiger partial charge in [0.1, 0.15) is 12.7 Å². The lowest BCUT2D eigenvalue weighted by Crippen LogP contribution is -2.66. The van der Waals surface area contributed by atoms with E-state index in [1.807, 2.05) is 30.3 Å². The Balaban J connectivity index is 1.34. The third kappa shape index (κ3) is 6.03. The van der Waals surface area contributed by atoms with Crippen LogP contribution < -0.4 is 5.32 Å². The number of fused-ring (bicyclic) bond motifs is 5. The number of rotatable bonds is 11. The molecule has 5 rings (SSSR count). The number of aliphatic hydroxyl groups excluding tert-OH is 1. The van der Waals surface area contributed by atoms with Gasteiger partial charge in [0.2, 0.25) is 0 Å². The molecule has 2 N–H and O–H groups in total. The first-order valence-electron chi connectivity index (χ1n) is 18.6. The van der Waals surface area contributed by atoms with E-state index in [4.69, 9.17) is 4.74 Å². The second-order valence-corrected chi connectivity index (χ2v) is 18.2. The summed E-state index contributed by atoms with van der Waals surface area (Å²) in [7, 11) is 0. The first kappa shape index (κ1) is 35.6. The number of esters is 1. The molecule has 1 aromatic rings. The number of carbonyl (C=O) groups excluding carboxylic acids is 2. The topological polar surface area (TPSA) is 75.6 Å². The van der Waals surface area contributed by atoms with Gasteiger partial charge in [0.25, 0.3) is 0 Å². The summed E-state index contributed by atoms with van der Waals surface area (Å²) in [5.41, 5.74) is 2.15. The van der Waals surface area contributed by atoms with Crippen molar-refractivity contribution in [1.82, 2.24) is 5.32 Å². The summed E-state index contributed by atoms with van der Waals surface area (Å²) < 4.78 is 6.43. The molecule has 4 aliphatic carbocycles.